The molecular weight excluding hydrogens is 298 g/mol. The number of sulfonamides is 1. The van der Waals surface area contributed by atoms with Gasteiger partial charge in [0.25, 0.3) is 0 Å². The van der Waals surface area contributed by atoms with Crippen LogP contribution >= 0.6 is 0 Å². The summed E-state index contributed by atoms with van der Waals surface area (Å²) in [6, 6.07) is 7.93. The van der Waals surface area contributed by atoms with Crippen molar-refractivity contribution in [3.63, 3.8) is 0 Å². The van der Waals surface area contributed by atoms with Gasteiger partial charge >= 0.3 is 0 Å². The highest BCUT2D eigenvalue weighted by Crippen LogP contribution is 2.21. The Morgan fingerprint density at radius 2 is 1.81 bits per heavy atom. The molecule has 0 heterocycles. The van der Waals surface area contributed by atoms with Crippen LogP contribution in [0.25, 0.3) is 0 Å². The van der Waals surface area contributed by atoms with Crippen molar-refractivity contribution in [2.75, 3.05) is 5.73 Å². The molecule has 0 bridgehead atoms. The summed E-state index contributed by atoms with van der Waals surface area (Å²) in [5.74, 6) is -1.18. The largest absolute Gasteiger partial charge is 0.396 e. The van der Waals surface area contributed by atoms with Crippen LogP contribution in [0, 0.1) is 18.6 Å². The summed E-state index contributed by atoms with van der Waals surface area (Å²) in [6.07, 6.45) is 0. The zero-order chi connectivity index (χ0) is 15.6. The van der Waals surface area contributed by atoms with Gasteiger partial charge in [-0.15, -0.1) is 0 Å². The first-order valence-electron chi connectivity index (χ1n) is 6.10. The molecular formula is C14H14F2N2O2S. The Bertz CT molecular complexity index is 777. The van der Waals surface area contributed by atoms with Crippen molar-refractivity contribution < 1.29 is 17.2 Å². The van der Waals surface area contributed by atoms with Crippen LogP contribution in [0.4, 0.5) is 14.5 Å². The summed E-state index contributed by atoms with van der Waals surface area (Å²) in [5, 5.41) is 0. The highest BCUT2D eigenvalue weighted by Gasteiger charge is 2.19. The lowest BCUT2D eigenvalue weighted by atomic mass is 10.2. The van der Waals surface area contributed by atoms with Gasteiger partial charge in [0.2, 0.25) is 10.0 Å². The molecule has 3 N–H and O–H groups in total. The van der Waals surface area contributed by atoms with Crippen LogP contribution in [0.3, 0.4) is 0 Å². The number of hydrogen-bond donors (Lipinski definition) is 2. The summed E-state index contributed by atoms with van der Waals surface area (Å²) in [7, 11) is -3.91. The number of halogens is 2. The average molecular weight is 312 g/mol. The molecule has 0 amide bonds. The van der Waals surface area contributed by atoms with Crippen molar-refractivity contribution >= 4 is 15.7 Å². The van der Waals surface area contributed by atoms with Crippen molar-refractivity contribution in [1.82, 2.24) is 4.72 Å². The minimum atomic E-state index is -3.91. The van der Waals surface area contributed by atoms with E-state index in [1.807, 2.05) is 0 Å². The van der Waals surface area contributed by atoms with E-state index in [-0.39, 0.29) is 28.3 Å². The maximum Gasteiger partial charge on any atom is 0.241 e. The van der Waals surface area contributed by atoms with Gasteiger partial charge in [-0.05, 0) is 30.7 Å². The van der Waals surface area contributed by atoms with E-state index in [9.17, 15) is 17.2 Å². The summed E-state index contributed by atoms with van der Waals surface area (Å²) < 4.78 is 53.4. The number of rotatable bonds is 4. The molecule has 0 fully saturated rings. The van der Waals surface area contributed by atoms with Crippen LogP contribution < -0.4 is 10.5 Å². The molecule has 112 valence electrons. The standard InChI is InChI=1S/C14H14F2N2O2S/c1-9-6-12(16)13(17)7-14(9)21(19,20)18-8-10-4-2-3-5-11(10)15/h2-7,18H,8,17H2,1H3. The van der Waals surface area contributed by atoms with Crippen LogP contribution in [-0.2, 0) is 16.6 Å². The number of benzene rings is 2. The van der Waals surface area contributed by atoms with Crippen LogP contribution in [0.2, 0.25) is 0 Å². The molecule has 2 rings (SSSR count). The average Bonchev–Trinajstić information content (AvgIpc) is 2.42. The lowest BCUT2D eigenvalue weighted by Crippen LogP contribution is -2.24. The van der Waals surface area contributed by atoms with E-state index in [2.05, 4.69) is 4.72 Å². The molecule has 0 atom stereocenters. The van der Waals surface area contributed by atoms with Gasteiger partial charge in [0.15, 0.2) is 0 Å². The monoisotopic (exact) mass is 312 g/mol. The van der Waals surface area contributed by atoms with Gasteiger partial charge in [0, 0.05) is 12.1 Å². The molecule has 2 aromatic rings. The van der Waals surface area contributed by atoms with E-state index in [1.165, 1.54) is 25.1 Å². The fraction of sp³-hybridized carbons (Fsp3) is 0.143. The number of nitrogens with one attached hydrogen (secondary N) is 1. The second-order valence-electron chi connectivity index (χ2n) is 4.56. The second-order valence-corrected chi connectivity index (χ2v) is 6.29. The number of aryl methyl sites for hydroxylation is 1. The third-order valence-corrected chi connectivity index (χ3v) is 4.54. The predicted octanol–water partition coefficient (Wildman–Crippen LogP) is 2.33. The predicted molar refractivity (Wildman–Crippen MR) is 76.0 cm³/mol. The Labute approximate surface area is 121 Å². The quantitative estimate of drug-likeness (QED) is 0.851. The Hall–Kier alpha value is -1.99. The van der Waals surface area contributed by atoms with Crippen LogP contribution in [0.15, 0.2) is 41.3 Å². The normalized spacial score (nSPS) is 11.6. The molecule has 0 aliphatic heterocycles. The van der Waals surface area contributed by atoms with Crippen molar-refractivity contribution in [2.45, 2.75) is 18.4 Å². The zero-order valence-electron chi connectivity index (χ0n) is 11.2. The summed E-state index contributed by atoms with van der Waals surface area (Å²) >= 11 is 0. The summed E-state index contributed by atoms with van der Waals surface area (Å²) in [4.78, 5) is -0.127. The minimum absolute atomic E-state index is 0.127. The highest BCUT2D eigenvalue weighted by molar-refractivity contribution is 7.89. The molecule has 0 unspecified atom stereocenters. The van der Waals surface area contributed by atoms with Gasteiger partial charge in [-0.3, -0.25) is 0 Å². The van der Waals surface area contributed by atoms with E-state index in [1.54, 1.807) is 6.07 Å². The molecule has 21 heavy (non-hydrogen) atoms. The van der Waals surface area contributed by atoms with E-state index >= 15 is 0 Å². The Kier molecular flexibility index (Phi) is 4.24. The first-order valence-corrected chi connectivity index (χ1v) is 7.58. The molecule has 7 heteroatoms. The summed E-state index contributed by atoms with van der Waals surface area (Å²) in [5.41, 5.74) is 5.57. The Balaban J connectivity index is 2.27. The SMILES string of the molecule is Cc1cc(F)c(N)cc1S(=O)(=O)NCc1ccccc1F. The molecule has 2 aromatic carbocycles. The fourth-order valence-corrected chi connectivity index (χ4v) is 3.12. The van der Waals surface area contributed by atoms with Gasteiger partial charge in [-0.25, -0.2) is 21.9 Å². The van der Waals surface area contributed by atoms with Crippen molar-refractivity contribution in [2.24, 2.45) is 0 Å². The van der Waals surface area contributed by atoms with Crippen molar-refractivity contribution in [1.29, 1.82) is 0 Å². The van der Waals surface area contributed by atoms with E-state index in [0.717, 1.165) is 12.1 Å². The van der Waals surface area contributed by atoms with Crippen LogP contribution in [-0.4, -0.2) is 8.42 Å². The summed E-state index contributed by atoms with van der Waals surface area (Å²) in [6.45, 7) is 1.26. The topological polar surface area (TPSA) is 72.2 Å². The van der Waals surface area contributed by atoms with Crippen molar-refractivity contribution in [3.05, 3.63) is 59.2 Å². The number of nitrogens with two attached hydrogens (primary N) is 1. The molecule has 0 aliphatic carbocycles. The minimum Gasteiger partial charge on any atom is -0.396 e. The number of hydrogen-bond acceptors (Lipinski definition) is 3. The number of nitrogen functional groups attached to an aromatic ring is 1. The third kappa shape index (κ3) is 3.37. The van der Waals surface area contributed by atoms with Gasteiger partial charge in [-0.1, -0.05) is 18.2 Å². The van der Waals surface area contributed by atoms with Gasteiger partial charge in [0.05, 0.1) is 10.6 Å². The lowest BCUT2D eigenvalue weighted by molar-refractivity contribution is 0.573. The zero-order valence-corrected chi connectivity index (χ0v) is 12.0. The first kappa shape index (κ1) is 15.4. The molecule has 0 spiro atoms. The molecule has 4 nitrogen and oxygen atoms in total. The van der Waals surface area contributed by atoms with Gasteiger partial charge < -0.3 is 5.73 Å². The number of anilines is 1. The molecule has 0 aromatic heterocycles. The smallest absolute Gasteiger partial charge is 0.241 e. The Morgan fingerprint density at radius 3 is 2.48 bits per heavy atom. The van der Waals surface area contributed by atoms with Crippen LogP contribution in [0.5, 0.6) is 0 Å². The lowest BCUT2D eigenvalue weighted by Gasteiger charge is -2.11. The maximum absolute atomic E-state index is 13.5. The molecule has 0 aliphatic rings. The van der Waals surface area contributed by atoms with Crippen LogP contribution in [0.1, 0.15) is 11.1 Å². The van der Waals surface area contributed by atoms with E-state index in [4.69, 9.17) is 5.73 Å². The molecule has 0 saturated carbocycles. The molecule has 0 radical (unpaired) electrons. The van der Waals surface area contributed by atoms with Gasteiger partial charge in [-0.2, -0.15) is 0 Å². The Morgan fingerprint density at radius 1 is 1.14 bits per heavy atom. The maximum atomic E-state index is 13.5. The van der Waals surface area contributed by atoms with E-state index in [0.29, 0.717) is 0 Å². The van der Waals surface area contributed by atoms with E-state index < -0.39 is 21.7 Å². The highest BCUT2D eigenvalue weighted by atomic mass is 32.2. The van der Waals surface area contributed by atoms with Crippen molar-refractivity contribution in [3.8, 4) is 0 Å². The fourth-order valence-electron chi connectivity index (χ4n) is 1.85. The second kappa shape index (κ2) is 5.79. The third-order valence-electron chi connectivity index (χ3n) is 2.99. The van der Waals surface area contributed by atoms with Gasteiger partial charge in [0.1, 0.15) is 11.6 Å². The molecule has 0 saturated heterocycles. The first-order chi connectivity index (χ1) is 9.81.